The highest BCUT2D eigenvalue weighted by Crippen LogP contribution is 2.43. The van der Waals surface area contributed by atoms with Crippen LogP contribution in [0.2, 0.25) is 0 Å². The smallest absolute Gasteiger partial charge is 0.141 e. The van der Waals surface area contributed by atoms with Gasteiger partial charge in [0.2, 0.25) is 0 Å². The second-order valence-corrected chi connectivity index (χ2v) is 5.94. The Hall–Kier alpha value is -1.26. The van der Waals surface area contributed by atoms with Crippen molar-refractivity contribution in [1.29, 1.82) is 0 Å². The van der Waals surface area contributed by atoms with Crippen molar-refractivity contribution in [1.82, 2.24) is 0 Å². The lowest BCUT2D eigenvalue weighted by atomic mass is 9.78. The zero-order valence-corrected chi connectivity index (χ0v) is 11.7. The van der Waals surface area contributed by atoms with Gasteiger partial charge in [0.1, 0.15) is 24.7 Å². The van der Waals surface area contributed by atoms with Crippen molar-refractivity contribution in [3.05, 3.63) is 29.8 Å². The maximum atomic E-state index is 14.2. The zero-order valence-electron chi connectivity index (χ0n) is 11.7. The highest BCUT2D eigenvalue weighted by molar-refractivity contribution is 5.56. The number of anilines is 1. The second kappa shape index (κ2) is 5.85. The first kappa shape index (κ1) is 14.7. The van der Waals surface area contributed by atoms with E-state index >= 15 is 0 Å². The quantitative estimate of drug-likeness (QED) is 0.743. The van der Waals surface area contributed by atoms with Gasteiger partial charge in [-0.25, -0.2) is 17.6 Å². The number of alkyl halides is 4. The van der Waals surface area contributed by atoms with E-state index in [1.807, 2.05) is 4.90 Å². The van der Waals surface area contributed by atoms with E-state index < -0.39 is 37.0 Å². The van der Waals surface area contributed by atoms with Crippen molar-refractivity contribution in [3.63, 3.8) is 0 Å². The summed E-state index contributed by atoms with van der Waals surface area (Å²) in [6.45, 7) is 1.63. The van der Waals surface area contributed by atoms with E-state index in [-0.39, 0.29) is 0 Å². The number of halogens is 4. The third kappa shape index (κ3) is 2.62. The van der Waals surface area contributed by atoms with Crippen LogP contribution in [0.1, 0.15) is 30.7 Å². The van der Waals surface area contributed by atoms with E-state index in [1.54, 1.807) is 24.3 Å². The normalized spacial score (nSPS) is 37.0. The Morgan fingerprint density at radius 3 is 2.05 bits per heavy atom. The van der Waals surface area contributed by atoms with E-state index in [4.69, 9.17) is 0 Å². The summed E-state index contributed by atoms with van der Waals surface area (Å²) in [6.07, 6.45) is -6.51. The van der Waals surface area contributed by atoms with Crippen LogP contribution in [-0.4, -0.2) is 37.8 Å². The average Bonchev–Trinajstić information content (AvgIpc) is 3.00. The second-order valence-electron chi connectivity index (χ2n) is 5.94. The summed E-state index contributed by atoms with van der Waals surface area (Å²) in [5.74, 6) is -1.36. The van der Waals surface area contributed by atoms with Gasteiger partial charge >= 0.3 is 0 Å². The molecule has 0 amide bonds. The molecule has 1 nitrogen and oxygen atoms in total. The van der Waals surface area contributed by atoms with Gasteiger partial charge in [0, 0.05) is 25.2 Å². The summed E-state index contributed by atoms with van der Waals surface area (Å²) in [4.78, 5) is 2.05. The first-order valence-electron chi connectivity index (χ1n) is 7.49. The first-order chi connectivity index (χ1) is 10.1. The van der Waals surface area contributed by atoms with Crippen LogP contribution in [0.25, 0.3) is 0 Å². The maximum absolute atomic E-state index is 14.2. The Bertz CT molecular complexity index is 475. The molecule has 1 aliphatic heterocycles. The molecule has 2 fully saturated rings. The molecule has 1 aromatic carbocycles. The summed E-state index contributed by atoms with van der Waals surface area (Å²) in [5, 5.41) is 0. The van der Waals surface area contributed by atoms with Gasteiger partial charge in [0.05, 0.1) is 5.92 Å². The largest absolute Gasteiger partial charge is 0.371 e. The Morgan fingerprint density at radius 1 is 0.857 bits per heavy atom. The van der Waals surface area contributed by atoms with Crippen molar-refractivity contribution < 1.29 is 17.6 Å². The SMILES string of the molecule is FC1CC(F)C(F)C(c2ccccc2N2CCCC2)C1F. The van der Waals surface area contributed by atoms with E-state index in [9.17, 15) is 17.6 Å². The van der Waals surface area contributed by atoms with E-state index in [0.717, 1.165) is 25.9 Å². The van der Waals surface area contributed by atoms with Crippen molar-refractivity contribution >= 4 is 5.69 Å². The predicted molar refractivity (Wildman–Crippen MR) is 74.8 cm³/mol. The molecule has 21 heavy (non-hydrogen) atoms. The molecule has 1 heterocycles. The molecule has 4 unspecified atom stereocenters. The van der Waals surface area contributed by atoms with Gasteiger partial charge in [0.25, 0.3) is 0 Å². The van der Waals surface area contributed by atoms with Crippen LogP contribution in [0, 0.1) is 0 Å². The Labute approximate surface area is 121 Å². The van der Waals surface area contributed by atoms with Crippen LogP contribution >= 0.6 is 0 Å². The molecule has 0 aromatic heterocycles. The van der Waals surface area contributed by atoms with Gasteiger partial charge in [-0.3, -0.25) is 0 Å². The molecule has 116 valence electrons. The third-order valence-electron chi connectivity index (χ3n) is 4.57. The minimum atomic E-state index is -1.99. The van der Waals surface area contributed by atoms with Gasteiger partial charge in [0.15, 0.2) is 0 Å². The number of nitrogens with zero attached hydrogens (tertiary/aromatic N) is 1. The molecule has 1 aromatic rings. The highest BCUT2D eigenvalue weighted by Gasteiger charge is 2.48. The van der Waals surface area contributed by atoms with Gasteiger partial charge in [-0.2, -0.15) is 0 Å². The standard InChI is InChI=1S/C16H19F4N/c17-11-9-12(18)16(20)14(15(11)19)10-5-1-2-6-13(10)21-7-3-4-8-21/h1-2,5-6,11-12,14-16H,3-4,7-9H2. The Morgan fingerprint density at radius 2 is 1.43 bits per heavy atom. The molecule has 2 aliphatic rings. The molecule has 3 rings (SSSR count). The number of hydrogen-bond acceptors (Lipinski definition) is 1. The van der Waals surface area contributed by atoms with Gasteiger partial charge in [-0.1, -0.05) is 18.2 Å². The van der Waals surface area contributed by atoms with Crippen molar-refractivity contribution in [2.45, 2.75) is 49.9 Å². The van der Waals surface area contributed by atoms with Crippen molar-refractivity contribution in [2.24, 2.45) is 0 Å². The number of benzene rings is 1. The van der Waals surface area contributed by atoms with Crippen LogP contribution in [0.15, 0.2) is 24.3 Å². The van der Waals surface area contributed by atoms with Gasteiger partial charge < -0.3 is 4.90 Å². The Kier molecular flexibility index (Phi) is 4.09. The van der Waals surface area contributed by atoms with Crippen LogP contribution in [0.3, 0.4) is 0 Å². The topological polar surface area (TPSA) is 3.24 Å². The fourth-order valence-corrected chi connectivity index (χ4v) is 3.46. The Balaban J connectivity index is 1.98. The predicted octanol–water partition coefficient (Wildman–Crippen LogP) is 4.13. The molecule has 1 saturated heterocycles. The lowest BCUT2D eigenvalue weighted by molar-refractivity contribution is -0.00557. The lowest BCUT2D eigenvalue weighted by Gasteiger charge is -2.36. The zero-order chi connectivity index (χ0) is 15.0. The van der Waals surface area contributed by atoms with Crippen LogP contribution < -0.4 is 4.90 Å². The summed E-state index contributed by atoms with van der Waals surface area (Å²) in [5.41, 5.74) is 1.11. The van der Waals surface area contributed by atoms with E-state index in [1.165, 1.54) is 0 Å². The van der Waals surface area contributed by atoms with E-state index in [0.29, 0.717) is 11.3 Å². The molecule has 1 aliphatic carbocycles. The van der Waals surface area contributed by atoms with Crippen LogP contribution in [0.5, 0.6) is 0 Å². The minimum absolute atomic E-state index is 0.393. The average molecular weight is 301 g/mol. The third-order valence-corrected chi connectivity index (χ3v) is 4.57. The molecule has 4 atom stereocenters. The van der Waals surface area contributed by atoms with Gasteiger partial charge in [-0.05, 0) is 24.5 Å². The lowest BCUT2D eigenvalue weighted by Crippen LogP contribution is -2.44. The monoisotopic (exact) mass is 301 g/mol. The van der Waals surface area contributed by atoms with E-state index in [2.05, 4.69) is 0 Å². The summed E-state index contributed by atoms with van der Waals surface area (Å²) < 4.78 is 55.7. The molecular weight excluding hydrogens is 282 g/mol. The fraction of sp³-hybridized carbons (Fsp3) is 0.625. The maximum Gasteiger partial charge on any atom is 0.141 e. The molecule has 1 saturated carbocycles. The number of hydrogen-bond donors (Lipinski definition) is 0. The number of para-hydroxylation sites is 1. The summed E-state index contributed by atoms with van der Waals surface area (Å²) in [7, 11) is 0. The first-order valence-corrected chi connectivity index (χ1v) is 7.49. The summed E-state index contributed by atoms with van der Waals surface area (Å²) in [6, 6.07) is 6.85. The van der Waals surface area contributed by atoms with Crippen molar-refractivity contribution in [3.8, 4) is 0 Å². The minimum Gasteiger partial charge on any atom is -0.371 e. The highest BCUT2D eigenvalue weighted by atomic mass is 19.2. The van der Waals surface area contributed by atoms with Gasteiger partial charge in [-0.15, -0.1) is 0 Å². The molecule has 0 N–H and O–H groups in total. The molecule has 0 bridgehead atoms. The number of rotatable bonds is 2. The summed E-state index contributed by atoms with van der Waals surface area (Å²) >= 11 is 0. The fourth-order valence-electron chi connectivity index (χ4n) is 3.46. The molecule has 5 heteroatoms. The molecule has 0 spiro atoms. The van der Waals surface area contributed by atoms with Crippen LogP contribution in [-0.2, 0) is 0 Å². The molecular formula is C16H19F4N. The van der Waals surface area contributed by atoms with Crippen molar-refractivity contribution in [2.75, 3.05) is 18.0 Å². The molecule has 0 radical (unpaired) electrons. The van der Waals surface area contributed by atoms with Crippen LogP contribution in [0.4, 0.5) is 23.2 Å².